The van der Waals surface area contributed by atoms with Crippen LogP contribution in [0.1, 0.15) is 47.0 Å². The van der Waals surface area contributed by atoms with Gasteiger partial charge in [-0.05, 0) is 32.7 Å². The number of nitrogens with zero attached hydrogens (tertiary/aromatic N) is 1. The van der Waals surface area contributed by atoms with Gasteiger partial charge in [0.25, 0.3) is 0 Å². The average Bonchev–Trinajstić information content (AvgIpc) is 3.02. The van der Waals surface area contributed by atoms with Crippen LogP contribution in [-0.4, -0.2) is 47.3 Å². The minimum Gasteiger partial charge on any atom is -0.394 e. The minimum atomic E-state index is -0.128. The Balaban J connectivity index is 2.36. The van der Waals surface area contributed by atoms with Crippen LogP contribution < -0.4 is 5.32 Å². The third-order valence-electron chi connectivity index (χ3n) is 3.41. The molecule has 96 valence electrons. The molecule has 2 N–H and O–H groups in total. The second-order valence-electron chi connectivity index (χ2n) is 5.63. The van der Waals surface area contributed by atoms with Crippen molar-refractivity contribution in [3.8, 4) is 0 Å². The molecule has 3 nitrogen and oxygen atoms in total. The molecule has 0 aromatic heterocycles. The summed E-state index contributed by atoms with van der Waals surface area (Å²) in [4.78, 5) is 2.54. The molecule has 0 aromatic carbocycles. The molecule has 3 heteroatoms. The van der Waals surface area contributed by atoms with Crippen LogP contribution in [0.2, 0.25) is 0 Å². The van der Waals surface area contributed by atoms with E-state index in [2.05, 4.69) is 37.9 Å². The zero-order valence-electron chi connectivity index (χ0n) is 11.3. The Morgan fingerprint density at radius 1 is 1.44 bits per heavy atom. The van der Waals surface area contributed by atoms with Crippen LogP contribution in [0, 0.1) is 0 Å². The van der Waals surface area contributed by atoms with Gasteiger partial charge < -0.3 is 15.3 Å². The maximum atomic E-state index is 9.49. The quantitative estimate of drug-likeness (QED) is 0.662. The van der Waals surface area contributed by atoms with Gasteiger partial charge in [-0.15, -0.1) is 0 Å². The van der Waals surface area contributed by atoms with Gasteiger partial charge in [0.15, 0.2) is 0 Å². The first-order valence-corrected chi connectivity index (χ1v) is 6.63. The van der Waals surface area contributed by atoms with Crippen LogP contribution in [-0.2, 0) is 0 Å². The van der Waals surface area contributed by atoms with Crippen molar-refractivity contribution in [1.29, 1.82) is 0 Å². The summed E-state index contributed by atoms with van der Waals surface area (Å²) in [7, 11) is 0. The van der Waals surface area contributed by atoms with Gasteiger partial charge in [-0.25, -0.2) is 0 Å². The number of aliphatic hydroxyl groups is 1. The van der Waals surface area contributed by atoms with Crippen molar-refractivity contribution in [2.24, 2.45) is 0 Å². The fourth-order valence-corrected chi connectivity index (χ4v) is 2.32. The molecule has 1 aliphatic rings. The van der Waals surface area contributed by atoms with E-state index in [0.717, 1.165) is 25.6 Å². The Bertz CT molecular complexity index is 204. The first-order chi connectivity index (χ1) is 7.50. The molecule has 0 saturated heterocycles. The summed E-state index contributed by atoms with van der Waals surface area (Å²) in [6, 6.07) is 1.25. The van der Waals surface area contributed by atoms with Gasteiger partial charge in [-0.3, -0.25) is 0 Å². The third-order valence-corrected chi connectivity index (χ3v) is 3.41. The molecule has 1 atom stereocenters. The van der Waals surface area contributed by atoms with Crippen LogP contribution >= 0.6 is 0 Å². The first kappa shape index (κ1) is 13.9. The Morgan fingerprint density at radius 2 is 2.06 bits per heavy atom. The largest absolute Gasteiger partial charge is 0.394 e. The smallest absolute Gasteiger partial charge is 0.0611 e. The summed E-state index contributed by atoms with van der Waals surface area (Å²) in [6.45, 7) is 11.1. The topological polar surface area (TPSA) is 35.5 Å². The average molecular weight is 228 g/mol. The summed E-state index contributed by atoms with van der Waals surface area (Å²) in [5.41, 5.74) is -0.128. The zero-order chi connectivity index (χ0) is 12.2. The lowest BCUT2D eigenvalue weighted by atomic mass is 9.97. The summed E-state index contributed by atoms with van der Waals surface area (Å²) in [5.74, 6) is 0. The summed E-state index contributed by atoms with van der Waals surface area (Å²) in [5, 5.41) is 13.0. The van der Waals surface area contributed by atoms with Crippen LogP contribution in [0.25, 0.3) is 0 Å². The molecule has 0 radical (unpaired) electrons. The molecule has 0 aliphatic heterocycles. The summed E-state index contributed by atoms with van der Waals surface area (Å²) < 4.78 is 0. The summed E-state index contributed by atoms with van der Waals surface area (Å²) in [6.07, 6.45) is 3.74. The number of nitrogens with one attached hydrogen (secondary N) is 1. The second-order valence-corrected chi connectivity index (χ2v) is 5.63. The van der Waals surface area contributed by atoms with Crippen molar-refractivity contribution in [3.05, 3.63) is 0 Å². The second kappa shape index (κ2) is 5.99. The lowest BCUT2D eigenvalue weighted by molar-refractivity contribution is 0.137. The van der Waals surface area contributed by atoms with Gasteiger partial charge >= 0.3 is 0 Å². The van der Waals surface area contributed by atoms with E-state index in [0.29, 0.717) is 6.04 Å². The Kier molecular flexibility index (Phi) is 5.22. The molecule has 0 bridgehead atoms. The molecule has 0 heterocycles. The van der Waals surface area contributed by atoms with Crippen LogP contribution in [0.5, 0.6) is 0 Å². The fourth-order valence-electron chi connectivity index (χ4n) is 2.32. The predicted octanol–water partition coefficient (Wildman–Crippen LogP) is 1.61. The van der Waals surface area contributed by atoms with E-state index >= 15 is 0 Å². The van der Waals surface area contributed by atoms with Crippen LogP contribution in [0.3, 0.4) is 0 Å². The molecule has 1 aliphatic carbocycles. The first-order valence-electron chi connectivity index (χ1n) is 6.63. The van der Waals surface area contributed by atoms with Gasteiger partial charge in [-0.2, -0.15) is 0 Å². The van der Waals surface area contributed by atoms with Gasteiger partial charge in [0.2, 0.25) is 0 Å². The van der Waals surface area contributed by atoms with Crippen LogP contribution in [0.4, 0.5) is 0 Å². The predicted molar refractivity (Wildman–Crippen MR) is 68.6 cm³/mol. The lowest BCUT2D eigenvalue weighted by Crippen LogP contribution is -2.51. The van der Waals surface area contributed by atoms with Gasteiger partial charge in [0, 0.05) is 24.2 Å². The van der Waals surface area contributed by atoms with Crippen molar-refractivity contribution >= 4 is 0 Å². The van der Waals surface area contributed by atoms with E-state index in [9.17, 15) is 5.11 Å². The highest BCUT2D eigenvalue weighted by molar-refractivity contribution is 4.89. The van der Waals surface area contributed by atoms with E-state index < -0.39 is 0 Å². The molecule has 16 heavy (non-hydrogen) atoms. The monoisotopic (exact) mass is 228 g/mol. The SMILES string of the molecule is CCN(CCC(C)(CO)NC(C)C)C1CC1. The van der Waals surface area contributed by atoms with Crippen molar-refractivity contribution < 1.29 is 5.11 Å². The minimum absolute atomic E-state index is 0.128. The normalized spacial score (nSPS) is 20.4. The molecule has 1 unspecified atom stereocenters. The van der Waals surface area contributed by atoms with E-state index in [1.807, 2.05) is 0 Å². The van der Waals surface area contributed by atoms with Gasteiger partial charge in [-0.1, -0.05) is 20.8 Å². The van der Waals surface area contributed by atoms with Gasteiger partial charge in [0.1, 0.15) is 0 Å². The van der Waals surface area contributed by atoms with Crippen molar-refractivity contribution in [2.45, 2.75) is 64.6 Å². The highest BCUT2D eigenvalue weighted by Gasteiger charge is 2.30. The lowest BCUT2D eigenvalue weighted by Gasteiger charge is -2.33. The van der Waals surface area contributed by atoms with E-state index in [1.165, 1.54) is 12.8 Å². The Morgan fingerprint density at radius 3 is 2.44 bits per heavy atom. The highest BCUT2D eigenvalue weighted by atomic mass is 16.3. The maximum Gasteiger partial charge on any atom is 0.0611 e. The number of hydrogen-bond donors (Lipinski definition) is 2. The summed E-state index contributed by atoms with van der Waals surface area (Å²) >= 11 is 0. The van der Waals surface area contributed by atoms with E-state index in [1.54, 1.807) is 0 Å². The Hall–Kier alpha value is -0.120. The van der Waals surface area contributed by atoms with Crippen molar-refractivity contribution in [2.75, 3.05) is 19.7 Å². The molecular formula is C13H28N2O. The molecular weight excluding hydrogens is 200 g/mol. The van der Waals surface area contributed by atoms with Crippen molar-refractivity contribution in [3.63, 3.8) is 0 Å². The highest BCUT2D eigenvalue weighted by Crippen LogP contribution is 2.27. The number of aliphatic hydroxyl groups excluding tert-OH is 1. The number of hydrogen-bond acceptors (Lipinski definition) is 3. The van der Waals surface area contributed by atoms with Crippen molar-refractivity contribution in [1.82, 2.24) is 10.2 Å². The molecule has 1 fully saturated rings. The van der Waals surface area contributed by atoms with Gasteiger partial charge in [0.05, 0.1) is 6.61 Å². The molecule has 0 aromatic rings. The maximum absolute atomic E-state index is 9.49. The fraction of sp³-hybridized carbons (Fsp3) is 1.00. The third kappa shape index (κ3) is 4.40. The molecule has 1 saturated carbocycles. The van der Waals surface area contributed by atoms with E-state index in [4.69, 9.17) is 0 Å². The zero-order valence-corrected chi connectivity index (χ0v) is 11.3. The molecule has 0 amide bonds. The standard InChI is InChI=1S/C13H28N2O/c1-5-15(12-6-7-12)9-8-13(4,10-16)14-11(2)3/h11-12,14,16H,5-10H2,1-4H3. The number of rotatable bonds is 8. The van der Waals surface area contributed by atoms with Crippen LogP contribution in [0.15, 0.2) is 0 Å². The van der Waals surface area contributed by atoms with E-state index in [-0.39, 0.29) is 12.1 Å². The Labute approximate surface area is 100 Å². The molecule has 0 spiro atoms. The molecule has 1 rings (SSSR count).